The average molecular weight is 139 g/mol. The fourth-order valence-corrected chi connectivity index (χ4v) is 1.95. The standard InChI is InChI=1S/C9H17N/c1-9(2,3)10-5-7-4-8(7)6-10/h7-8H,4-6H2,1-3H3. The van der Waals surface area contributed by atoms with E-state index in [0.717, 1.165) is 11.8 Å². The fourth-order valence-electron chi connectivity index (χ4n) is 1.95. The summed E-state index contributed by atoms with van der Waals surface area (Å²) in [5.41, 5.74) is 0.424. The Hall–Kier alpha value is -0.0400. The Labute approximate surface area is 63.4 Å². The Kier molecular flexibility index (Phi) is 1.17. The van der Waals surface area contributed by atoms with Gasteiger partial charge in [-0.1, -0.05) is 0 Å². The van der Waals surface area contributed by atoms with E-state index < -0.39 is 0 Å². The van der Waals surface area contributed by atoms with Crippen LogP contribution in [0.5, 0.6) is 0 Å². The van der Waals surface area contributed by atoms with Gasteiger partial charge in [-0.05, 0) is 39.0 Å². The van der Waals surface area contributed by atoms with Crippen LogP contribution in [0, 0.1) is 11.8 Å². The zero-order valence-electron chi connectivity index (χ0n) is 7.22. The number of nitrogens with zero attached hydrogens (tertiary/aromatic N) is 1. The third kappa shape index (κ3) is 0.968. The van der Waals surface area contributed by atoms with Crippen LogP contribution < -0.4 is 0 Å². The van der Waals surface area contributed by atoms with E-state index in [1.807, 2.05) is 0 Å². The maximum Gasteiger partial charge on any atom is 0.0125 e. The van der Waals surface area contributed by atoms with E-state index in [1.54, 1.807) is 0 Å². The summed E-state index contributed by atoms with van der Waals surface area (Å²) in [6.45, 7) is 9.69. The number of hydrogen-bond acceptors (Lipinski definition) is 1. The molecule has 0 aromatic heterocycles. The molecule has 2 aliphatic rings. The van der Waals surface area contributed by atoms with Gasteiger partial charge in [-0.25, -0.2) is 0 Å². The van der Waals surface area contributed by atoms with Gasteiger partial charge in [0.1, 0.15) is 0 Å². The Morgan fingerprint density at radius 3 is 1.90 bits per heavy atom. The Morgan fingerprint density at radius 2 is 1.60 bits per heavy atom. The SMILES string of the molecule is CC(C)(C)N1CC2CC2C1. The minimum Gasteiger partial charge on any atom is -0.298 e. The molecular weight excluding hydrogens is 122 g/mol. The van der Waals surface area contributed by atoms with E-state index in [1.165, 1.54) is 19.5 Å². The van der Waals surface area contributed by atoms with E-state index in [9.17, 15) is 0 Å². The van der Waals surface area contributed by atoms with Crippen molar-refractivity contribution in [3.05, 3.63) is 0 Å². The van der Waals surface area contributed by atoms with Crippen molar-refractivity contribution in [2.75, 3.05) is 13.1 Å². The second-order valence-electron chi connectivity index (χ2n) is 4.83. The van der Waals surface area contributed by atoms with Crippen molar-refractivity contribution in [3.63, 3.8) is 0 Å². The quantitative estimate of drug-likeness (QED) is 0.494. The summed E-state index contributed by atoms with van der Waals surface area (Å²) in [6.07, 6.45) is 1.52. The van der Waals surface area contributed by atoms with Crippen molar-refractivity contribution in [2.24, 2.45) is 11.8 Å². The lowest BCUT2D eigenvalue weighted by atomic mass is 10.1. The first-order chi connectivity index (χ1) is 4.57. The van der Waals surface area contributed by atoms with E-state index in [4.69, 9.17) is 0 Å². The summed E-state index contributed by atoms with van der Waals surface area (Å²) in [5, 5.41) is 0. The minimum atomic E-state index is 0.424. The Balaban J connectivity index is 1.97. The molecule has 1 saturated carbocycles. The monoisotopic (exact) mass is 139 g/mol. The second-order valence-corrected chi connectivity index (χ2v) is 4.83. The normalized spacial score (nSPS) is 39.9. The third-order valence-electron chi connectivity index (χ3n) is 2.93. The summed E-state index contributed by atoms with van der Waals surface area (Å²) < 4.78 is 0. The van der Waals surface area contributed by atoms with Crippen molar-refractivity contribution in [1.82, 2.24) is 4.90 Å². The van der Waals surface area contributed by atoms with E-state index in [2.05, 4.69) is 25.7 Å². The maximum atomic E-state index is 2.62. The first-order valence-corrected chi connectivity index (χ1v) is 4.32. The van der Waals surface area contributed by atoms with Crippen LogP contribution in [0.4, 0.5) is 0 Å². The van der Waals surface area contributed by atoms with E-state index in [-0.39, 0.29) is 0 Å². The first-order valence-electron chi connectivity index (χ1n) is 4.32. The number of hydrogen-bond donors (Lipinski definition) is 0. The molecule has 2 unspecified atom stereocenters. The summed E-state index contributed by atoms with van der Waals surface area (Å²) in [4.78, 5) is 2.62. The van der Waals surface area contributed by atoms with Crippen LogP contribution in [0.15, 0.2) is 0 Å². The van der Waals surface area contributed by atoms with Crippen molar-refractivity contribution in [3.8, 4) is 0 Å². The Morgan fingerprint density at radius 1 is 1.10 bits per heavy atom. The van der Waals surface area contributed by atoms with Gasteiger partial charge in [0, 0.05) is 18.6 Å². The molecule has 2 atom stereocenters. The highest BCUT2D eigenvalue weighted by Gasteiger charge is 2.47. The summed E-state index contributed by atoms with van der Waals surface area (Å²) >= 11 is 0. The molecule has 1 heterocycles. The third-order valence-corrected chi connectivity index (χ3v) is 2.93. The van der Waals surface area contributed by atoms with Gasteiger partial charge in [-0.15, -0.1) is 0 Å². The maximum absolute atomic E-state index is 2.62. The van der Waals surface area contributed by atoms with E-state index >= 15 is 0 Å². The molecule has 0 spiro atoms. The molecule has 0 aromatic carbocycles. The topological polar surface area (TPSA) is 3.24 Å². The molecule has 1 heteroatoms. The van der Waals surface area contributed by atoms with Crippen LogP contribution in [0.2, 0.25) is 0 Å². The van der Waals surface area contributed by atoms with Gasteiger partial charge in [0.15, 0.2) is 0 Å². The highest BCUT2D eigenvalue weighted by molar-refractivity contribution is 4.99. The van der Waals surface area contributed by atoms with Gasteiger partial charge in [-0.3, -0.25) is 4.90 Å². The van der Waals surface area contributed by atoms with Gasteiger partial charge >= 0.3 is 0 Å². The van der Waals surface area contributed by atoms with Gasteiger partial charge in [0.2, 0.25) is 0 Å². The number of piperidine rings is 1. The largest absolute Gasteiger partial charge is 0.298 e. The lowest BCUT2D eigenvalue weighted by Crippen LogP contribution is -2.40. The van der Waals surface area contributed by atoms with Crippen LogP contribution >= 0.6 is 0 Å². The lowest BCUT2D eigenvalue weighted by Gasteiger charge is -2.32. The van der Waals surface area contributed by atoms with Crippen molar-refractivity contribution >= 4 is 0 Å². The molecule has 1 aliphatic carbocycles. The van der Waals surface area contributed by atoms with Crippen LogP contribution in [-0.4, -0.2) is 23.5 Å². The molecule has 0 bridgehead atoms. The molecule has 2 fully saturated rings. The van der Waals surface area contributed by atoms with Crippen molar-refractivity contribution in [2.45, 2.75) is 32.7 Å². The molecule has 0 radical (unpaired) electrons. The molecule has 0 amide bonds. The smallest absolute Gasteiger partial charge is 0.0125 e. The Bertz CT molecular complexity index is 135. The summed E-state index contributed by atoms with van der Waals surface area (Å²) in [7, 11) is 0. The molecule has 10 heavy (non-hydrogen) atoms. The molecule has 0 aromatic rings. The number of fused-ring (bicyclic) bond motifs is 1. The molecule has 1 saturated heterocycles. The molecule has 1 aliphatic heterocycles. The van der Waals surface area contributed by atoms with E-state index in [0.29, 0.717) is 5.54 Å². The molecular formula is C9H17N. The van der Waals surface area contributed by atoms with Gasteiger partial charge in [0.25, 0.3) is 0 Å². The van der Waals surface area contributed by atoms with Crippen LogP contribution in [0.1, 0.15) is 27.2 Å². The highest BCUT2D eigenvalue weighted by Crippen LogP contribution is 2.46. The number of rotatable bonds is 0. The number of likely N-dealkylation sites (tertiary alicyclic amines) is 1. The molecule has 0 N–H and O–H groups in total. The summed E-state index contributed by atoms with van der Waals surface area (Å²) in [5.74, 6) is 2.17. The fraction of sp³-hybridized carbons (Fsp3) is 1.00. The first kappa shape index (κ1) is 6.66. The molecule has 1 nitrogen and oxygen atoms in total. The zero-order valence-corrected chi connectivity index (χ0v) is 7.22. The van der Waals surface area contributed by atoms with Crippen LogP contribution in [-0.2, 0) is 0 Å². The predicted octanol–water partition coefficient (Wildman–Crippen LogP) is 1.74. The highest BCUT2D eigenvalue weighted by atomic mass is 15.2. The molecule has 2 rings (SSSR count). The lowest BCUT2D eigenvalue weighted by molar-refractivity contribution is 0.156. The van der Waals surface area contributed by atoms with Crippen LogP contribution in [0.3, 0.4) is 0 Å². The predicted molar refractivity (Wildman–Crippen MR) is 42.9 cm³/mol. The average Bonchev–Trinajstić information content (AvgIpc) is 2.38. The zero-order chi connectivity index (χ0) is 7.35. The van der Waals surface area contributed by atoms with Crippen LogP contribution in [0.25, 0.3) is 0 Å². The molecule has 58 valence electrons. The van der Waals surface area contributed by atoms with Crippen molar-refractivity contribution < 1.29 is 0 Å². The van der Waals surface area contributed by atoms with Gasteiger partial charge < -0.3 is 0 Å². The van der Waals surface area contributed by atoms with Crippen molar-refractivity contribution in [1.29, 1.82) is 0 Å². The summed E-state index contributed by atoms with van der Waals surface area (Å²) in [6, 6.07) is 0. The second kappa shape index (κ2) is 1.76. The van der Waals surface area contributed by atoms with Gasteiger partial charge in [0.05, 0.1) is 0 Å². The minimum absolute atomic E-state index is 0.424. The van der Waals surface area contributed by atoms with Gasteiger partial charge in [-0.2, -0.15) is 0 Å².